The standard InChI is InChI=1S/C20H24ClN3O5/c1-13(17(26)22-15-9-5-4-8-14(15)21)29-16(25)12-24-18(27)20(23(2)19(24)28)10-6-3-7-11-20/h4-5,8-9,13H,3,6-7,10-12H2,1-2H3,(H,22,26)/t13-/m1/s1. The maximum absolute atomic E-state index is 12.9. The predicted molar refractivity (Wildman–Crippen MR) is 106 cm³/mol. The zero-order valence-corrected chi connectivity index (χ0v) is 17.2. The third-order valence-corrected chi connectivity index (χ3v) is 5.91. The number of amides is 4. The molecule has 1 aromatic rings. The molecule has 2 fully saturated rings. The Balaban J connectivity index is 1.60. The van der Waals surface area contributed by atoms with Crippen LogP contribution in [0, 0.1) is 0 Å². The highest BCUT2D eigenvalue weighted by atomic mass is 35.5. The van der Waals surface area contributed by atoms with Crippen LogP contribution in [0.4, 0.5) is 10.5 Å². The quantitative estimate of drug-likeness (QED) is 0.582. The Morgan fingerprint density at radius 1 is 1.21 bits per heavy atom. The molecule has 1 saturated heterocycles. The number of urea groups is 1. The van der Waals surface area contributed by atoms with Crippen molar-refractivity contribution in [2.45, 2.75) is 50.7 Å². The summed E-state index contributed by atoms with van der Waals surface area (Å²) in [7, 11) is 1.59. The second-order valence-corrected chi connectivity index (χ2v) is 7.83. The van der Waals surface area contributed by atoms with E-state index in [0.29, 0.717) is 23.6 Å². The van der Waals surface area contributed by atoms with Gasteiger partial charge in [-0.2, -0.15) is 0 Å². The summed E-state index contributed by atoms with van der Waals surface area (Å²) >= 11 is 6.00. The van der Waals surface area contributed by atoms with E-state index in [1.54, 1.807) is 31.3 Å². The van der Waals surface area contributed by atoms with Crippen molar-refractivity contribution in [3.05, 3.63) is 29.3 Å². The van der Waals surface area contributed by atoms with E-state index >= 15 is 0 Å². The van der Waals surface area contributed by atoms with Gasteiger partial charge in [-0.1, -0.05) is 43.0 Å². The van der Waals surface area contributed by atoms with Gasteiger partial charge in [-0.25, -0.2) is 4.79 Å². The van der Waals surface area contributed by atoms with Crippen molar-refractivity contribution < 1.29 is 23.9 Å². The van der Waals surface area contributed by atoms with Crippen molar-refractivity contribution in [2.75, 3.05) is 18.9 Å². The lowest BCUT2D eigenvalue weighted by molar-refractivity contribution is -0.155. The number of benzene rings is 1. The molecule has 0 unspecified atom stereocenters. The molecule has 8 nitrogen and oxygen atoms in total. The number of hydrogen-bond donors (Lipinski definition) is 1. The SMILES string of the molecule is C[C@@H](OC(=O)CN1C(=O)N(C)C2(CCCCC2)C1=O)C(=O)Nc1ccccc1Cl. The van der Waals surface area contributed by atoms with Gasteiger partial charge in [0, 0.05) is 7.05 Å². The Bertz CT molecular complexity index is 837. The molecule has 156 valence electrons. The molecule has 29 heavy (non-hydrogen) atoms. The molecule has 1 N–H and O–H groups in total. The second kappa shape index (κ2) is 8.41. The molecule has 4 amide bonds. The van der Waals surface area contributed by atoms with E-state index in [-0.39, 0.29) is 5.91 Å². The van der Waals surface area contributed by atoms with E-state index < -0.39 is 36.1 Å². The van der Waals surface area contributed by atoms with Crippen LogP contribution in [-0.2, 0) is 19.1 Å². The summed E-state index contributed by atoms with van der Waals surface area (Å²) in [4.78, 5) is 52.4. The lowest BCUT2D eigenvalue weighted by atomic mass is 9.81. The highest BCUT2D eigenvalue weighted by molar-refractivity contribution is 6.33. The van der Waals surface area contributed by atoms with Crippen LogP contribution in [-0.4, -0.2) is 58.8 Å². The topological polar surface area (TPSA) is 96.0 Å². The van der Waals surface area contributed by atoms with E-state index in [1.165, 1.54) is 11.8 Å². The van der Waals surface area contributed by atoms with Gasteiger partial charge >= 0.3 is 12.0 Å². The summed E-state index contributed by atoms with van der Waals surface area (Å²) in [5, 5.41) is 2.93. The minimum atomic E-state index is -1.12. The van der Waals surface area contributed by atoms with Crippen LogP contribution in [0.3, 0.4) is 0 Å². The number of para-hydroxylation sites is 1. The number of imide groups is 1. The maximum atomic E-state index is 12.9. The Morgan fingerprint density at radius 3 is 2.52 bits per heavy atom. The molecule has 3 rings (SSSR count). The third kappa shape index (κ3) is 4.07. The van der Waals surface area contributed by atoms with E-state index in [4.69, 9.17) is 16.3 Å². The fourth-order valence-electron chi connectivity index (χ4n) is 3.89. The Kier molecular flexibility index (Phi) is 6.12. The summed E-state index contributed by atoms with van der Waals surface area (Å²) in [5.74, 6) is -1.75. The number of carbonyl (C=O) groups excluding carboxylic acids is 4. The molecule has 1 aromatic carbocycles. The first kappa shape index (κ1) is 21.1. The molecule has 1 aliphatic heterocycles. The van der Waals surface area contributed by atoms with Crippen LogP contribution in [0.25, 0.3) is 0 Å². The summed E-state index contributed by atoms with van der Waals surface area (Å²) in [6.45, 7) is 0.889. The molecule has 1 spiro atoms. The van der Waals surface area contributed by atoms with Gasteiger partial charge in [0.05, 0.1) is 10.7 Å². The zero-order valence-electron chi connectivity index (χ0n) is 16.4. The van der Waals surface area contributed by atoms with Crippen molar-refractivity contribution in [3.8, 4) is 0 Å². The number of nitrogens with one attached hydrogen (secondary N) is 1. The Morgan fingerprint density at radius 2 is 1.86 bits per heavy atom. The first-order valence-corrected chi connectivity index (χ1v) is 9.99. The van der Waals surface area contributed by atoms with E-state index in [2.05, 4.69) is 5.32 Å². The van der Waals surface area contributed by atoms with Gasteiger partial charge < -0.3 is 15.0 Å². The fraction of sp³-hybridized carbons (Fsp3) is 0.500. The highest BCUT2D eigenvalue weighted by Gasteiger charge is 2.56. The lowest BCUT2D eigenvalue weighted by Gasteiger charge is -2.35. The fourth-order valence-corrected chi connectivity index (χ4v) is 4.07. The van der Waals surface area contributed by atoms with Crippen LogP contribution in [0.5, 0.6) is 0 Å². The maximum Gasteiger partial charge on any atom is 0.327 e. The molecule has 0 bridgehead atoms. The molecule has 1 heterocycles. The average Bonchev–Trinajstić information content (AvgIpc) is 2.86. The van der Waals surface area contributed by atoms with Crippen molar-refractivity contribution >= 4 is 41.1 Å². The molecular weight excluding hydrogens is 398 g/mol. The molecule has 1 aliphatic carbocycles. The molecule has 2 aliphatic rings. The largest absolute Gasteiger partial charge is 0.451 e. The van der Waals surface area contributed by atoms with Crippen molar-refractivity contribution in [2.24, 2.45) is 0 Å². The van der Waals surface area contributed by atoms with Crippen LogP contribution < -0.4 is 5.32 Å². The minimum absolute atomic E-state index is 0.355. The van der Waals surface area contributed by atoms with Crippen LogP contribution in [0.1, 0.15) is 39.0 Å². The Labute approximate surface area is 174 Å². The number of halogens is 1. The van der Waals surface area contributed by atoms with E-state index in [0.717, 1.165) is 24.2 Å². The molecule has 1 atom stereocenters. The first-order chi connectivity index (χ1) is 13.8. The summed E-state index contributed by atoms with van der Waals surface area (Å²) in [5.41, 5.74) is -0.462. The van der Waals surface area contributed by atoms with Gasteiger partial charge in [0.2, 0.25) is 0 Å². The number of esters is 1. The van der Waals surface area contributed by atoms with Crippen LogP contribution in [0.15, 0.2) is 24.3 Å². The first-order valence-electron chi connectivity index (χ1n) is 9.61. The van der Waals surface area contributed by atoms with Crippen molar-refractivity contribution in [1.29, 1.82) is 0 Å². The second-order valence-electron chi connectivity index (χ2n) is 7.43. The van der Waals surface area contributed by atoms with Gasteiger partial charge in [0.1, 0.15) is 12.1 Å². The highest BCUT2D eigenvalue weighted by Crippen LogP contribution is 2.39. The number of rotatable bonds is 5. The number of carbonyl (C=O) groups is 4. The summed E-state index contributed by atoms with van der Waals surface area (Å²) in [6, 6.07) is 6.16. The number of nitrogens with zero attached hydrogens (tertiary/aromatic N) is 2. The van der Waals surface area contributed by atoms with Crippen LogP contribution in [0.2, 0.25) is 5.02 Å². The average molecular weight is 422 g/mol. The molecule has 0 aromatic heterocycles. The third-order valence-electron chi connectivity index (χ3n) is 5.58. The van der Waals surface area contributed by atoms with Gasteiger partial charge in [-0.05, 0) is 31.9 Å². The molecule has 9 heteroatoms. The monoisotopic (exact) mass is 421 g/mol. The molecule has 1 saturated carbocycles. The number of likely N-dealkylation sites (N-methyl/N-ethyl adjacent to an activating group) is 1. The summed E-state index contributed by atoms with van der Waals surface area (Å²) < 4.78 is 5.14. The van der Waals surface area contributed by atoms with E-state index in [9.17, 15) is 19.2 Å². The molecular formula is C20H24ClN3O5. The number of ether oxygens (including phenoxy) is 1. The van der Waals surface area contributed by atoms with Gasteiger partial charge in [-0.15, -0.1) is 0 Å². The van der Waals surface area contributed by atoms with Gasteiger partial charge in [-0.3, -0.25) is 19.3 Å². The minimum Gasteiger partial charge on any atom is -0.451 e. The van der Waals surface area contributed by atoms with Gasteiger partial charge in [0.15, 0.2) is 6.10 Å². The Hall–Kier alpha value is -2.61. The van der Waals surface area contributed by atoms with Crippen LogP contribution >= 0.6 is 11.6 Å². The number of hydrogen-bond acceptors (Lipinski definition) is 5. The normalized spacial score (nSPS) is 19.4. The van der Waals surface area contributed by atoms with E-state index in [1.807, 2.05) is 0 Å². The summed E-state index contributed by atoms with van der Waals surface area (Å²) in [6.07, 6.45) is 2.82. The molecule has 0 radical (unpaired) electrons. The predicted octanol–water partition coefficient (Wildman–Crippen LogP) is 2.81. The zero-order chi connectivity index (χ0) is 21.2. The lowest BCUT2D eigenvalue weighted by Crippen LogP contribution is -2.49. The smallest absolute Gasteiger partial charge is 0.327 e. The number of anilines is 1. The van der Waals surface area contributed by atoms with Crippen molar-refractivity contribution in [1.82, 2.24) is 9.80 Å². The van der Waals surface area contributed by atoms with Gasteiger partial charge in [0.25, 0.3) is 11.8 Å². The van der Waals surface area contributed by atoms with Crippen molar-refractivity contribution in [3.63, 3.8) is 0 Å².